The Labute approximate surface area is 201 Å². The highest BCUT2D eigenvalue weighted by molar-refractivity contribution is 7.91. The molecule has 3 aromatic rings. The number of rotatable bonds is 5. The number of aryl methyl sites for hydroxylation is 2. The van der Waals surface area contributed by atoms with Gasteiger partial charge in [0.05, 0.1) is 11.5 Å². The number of hydrogen-bond donors (Lipinski definition) is 0. The van der Waals surface area contributed by atoms with Gasteiger partial charge in [0, 0.05) is 24.2 Å². The van der Waals surface area contributed by atoms with Crippen molar-refractivity contribution in [2.45, 2.75) is 59.0 Å². The summed E-state index contributed by atoms with van der Waals surface area (Å²) in [6.07, 6.45) is 0.427. The van der Waals surface area contributed by atoms with Gasteiger partial charge in [-0.3, -0.25) is 4.79 Å². The number of sulfone groups is 1. The van der Waals surface area contributed by atoms with E-state index < -0.39 is 9.84 Å². The fourth-order valence-corrected chi connectivity index (χ4v) is 5.98. The average Bonchev–Trinajstić information content (AvgIpc) is 3.40. The van der Waals surface area contributed by atoms with Crippen LogP contribution in [0.1, 0.15) is 59.9 Å². The summed E-state index contributed by atoms with van der Waals surface area (Å²) in [7, 11) is -3.16. The molecule has 4 rings (SSSR count). The van der Waals surface area contributed by atoms with E-state index in [-0.39, 0.29) is 34.6 Å². The quantitative estimate of drug-likeness (QED) is 0.508. The van der Waals surface area contributed by atoms with E-state index in [0.29, 0.717) is 18.7 Å². The molecule has 0 N–H and O–H groups in total. The molecule has 2 heterocycles. The van der Waals surface area contributed by atoms with Gasteiger partial charge in [-0.1, -0.05) is 62.3 Å². The number of carbonyl (C=O) groups is 1. The van der Waals surface area contributed by atoms with Gasteiger partial charge in [-0.2, -0.15) is 0 Å². The van der Waals surface area contributed by atoms with Gasteiger partial charge in [-0.05, 0) is 54.0 Å². The van der Waals surface area contributed by atoms with Crippen molar-refractivity contribution in [1.29, 1.82) is 0 Å². The van der Waals surface area contributed by atoms with Crippen LogP contribution in [0.3, 0.4) is 0 Å². The van der Waals surface area contributed by atoms with Gasteiger partial charge in [0.1, 0.15) is 0 Å². The molecule has 0 saturated carbocycles. The molecule has 1 amide bonds. The lowest BCUT2D eigenvalue weighted by Gasteiger charge is -2.28. The SMILES string of the molecule is Cc1ccc(-c2cc(C(=O)N(Cc3ccc(C(C)(C)C)cc3)[C@@H]3CCS(=O)(=O)C3)no2)cc1C. The lowest BCUT2D eigenvalue weighted by molar-refractivity contribution is 0.0670. The maximum atomic E-state index is 13.5. The maximum absolute atomic E-state index is 13.5. The zero-order valence-electron chi connectivity index (χ0n) is 20.5. The molecule has 0 radical (unpaired) electrons. The summed E-state index contributed by atoms with van der Waals surface area (Å²) in [6.45, 7) is 10.8. The van der Waals surface area contributed by atoms with Crippen LogP contribution in [-0.4, -0.2) is 41.9 Å². The van der Waals surface area contributed by atoms with Gasteiger partial charge in [-0.15, -0.1) is 0 Å². The Balaban J connectivity index is 1.62. The zero-order valence-corrected chi connectivity index (χ0v) is 21.3. The molecule has 34 heavy (non-hydrogen) atoms. The molecule has 1 fully saturated rings. The second kappa shape index (κ2) is 9.02. The normalized spacial score (nSPS) is 17.6. The third-order valence-electron chi connectivity index (χ3n) is 6.60. The summed E-state index contributed by atoms with van der Waals surface area (Å²) in [5, 5.41) is 4.05. The summed E-state index contributed by atoms with van der Waals surface area (Å²) >= 11 is 0. The van der Waals surface area contributed by atoms with Gasteiger partial charge < -0.3 is 9.42 Å². The van der Waals surface area contributed by atoms with Crippen LogP contribution >= 0.6 is 0 Å². The molecule has 1 aliphatic rings. The monoisotopic (exact) mass is 480 g/mol. The highest BCUT2D eigenvalue weighted by Gasteiger charge is 2.36. The molecule has 0 unspecified atom stereocenters. The van der Waals surface area contributed by atoms with Crippen molar-refractivity contribution >= 4 is 15.7 Å². The molecule has 1 aromatic heterocycles. The predicted octanol–water partition coefficient (Wildman–Crippen LogP) is 5.09. The van der Waals surface area contributed by atoms with Crippen LogP contribution < -0.4 is 0 Å². The molecule has 0 spiro atoms. The van der Waals surface area contributed by atoms with Crippen molar-refractivity contribution in [1.82, 2.24) is 10.1 Å². The Kier molecular flexibility index (Phi) is 6.42. The predicted molar refractivity (Wildman–Crippen MR) is 133 cm³/mol. The summed E-state index contributed by atoms with van der Waals surface area (Å²) in [5.41, 5.74) is 5.50. The number of hydrogen-bond acceptors (Lipinski definition) is 5. The second-order valence-electron chi connectivity index (χ2n) is 10.3. The van der Waals surface area contributed by atoms with Crippen LogP contribution in [0.4, 0.5) is 0 Å². The van der Waals surface area contributed by atoms with Crippen molar-refractivity contribution < 1.29 is 17.7 Å². The van der Waals surface area contributed by atoms with Crippen LogP contribution in [0.15, 0.2) is 53.1 Å². The van der Waals surface area contributed by atoms with Crippen LogP contribution in [0.2, 0.25) is 0 Å². The van der Waals surface area contributed by atoms with Gasteiger partial charge in [-0.25, -0.2) is 8.42 Å². The van der Waals surface area contributed by atoms with E-state index >= 15 is 0 Å². The highest BCUT2D eigenvalue weighted by atomic mass is 32.2. The fraction of sp³-hybridized carbons (Fsp3) is 0.407. The van der Waals surface area contributed by atoms with E-state index in [2.05, 4.69) is 38.1 Å². The Hall–Kier alpha value is -2.93. The lowest BCUT2D eigenvalue weighted by atomic mass is 9.86. The maximum Gasteiger partial charge on any atom is 0.276 e. The molecule has 2 aromatic carbocycles. The third-order valence-corrected chi connectivity index (χ3v) is 8.35. The van der Waals surface area contributed by atoms with Crippen molar-refractivity contribution in [3.63, 3.8) is 0 Å². The molecule has 6 nitrogen and oxygen atoms in total. The number of benzene rings is 2. The number of aromatic nitrogens is 1. The minimum absolute atomic E-state index is 0.0268. The first-order valence-electron chi connectivity index (χ1n) is 11.6. The Morgan fingerprint density at radius 3 is 2.35 bits per heavy atom. The molecule has 1 saturated heterocycles. The Morgan fingerprint density at radius 2 is 1.76 bits per heavy atom. The largest absolute Gasteiger partial charge is 0.355 e. The number of amides is 1. The summed E-state index contributed by atoms with van der Waals surface area (Å²) in [4.78, 5) is 15.2. The van der Waals surface area contributed by atoms with E-state index in [0.717, 1.165) is 16.7 Å². The van der Waals surface area contributed by atoms with Crippen LogP contribution in [0.25, 0.3) is 11.3 Å². The minimum Gasteiger partial charge on any atom is -0.355 e. The Bertz CT molecular complexity index is 1300. The lowest BCUT2D eigenvalue weighted by Crippen LogP contribution is -2.40. The number of carbonyl (C=O) groups excluding carboxylic acids is 1. The van der Waals surface area contributed by atoms with Crippen LogP contribution in [-0.2, 0) is 21.8 Å². The number of nitrogens with zero attached hydrogens (tertiary/aromatic N) is 2. The van der Waals surface area contributed by atoms with Crippen LogP contribution in [0, 0.1) is 13.8 Å². The molecular formula is C27H32N2O4S. The van der Waals surface area contributed by atoms with Gasteiger partial charge in [0.2, 0.25) is 0 Å². The molecule has 7 heteroatoms. The van der Waals surface area contributed by atoms with E-state index in [4.69, 9.17) is 4.52 Å². The van der Waals surface area contributed by atoms with Crippen molar-refractivity contribution in [2.24, 2.45) is 0 Å². The minimum atomic E-state index is -3.16. The Morgan fingerprint density at radius 1 is 1.06 bits per heavy atom. The van der Waals surface area contributed by atoms with Gasteiger partial charge in [0.25, 0.3) is 5.91 Å². The second-order valence-corrected chi connectivity index (χ2v) is 12.5. The van der Waals surface area contributed by atoms with Crippen molar-refractivity contribution in [3.8, 4) is 11.3 Å². The van der Waals surface area contributed by atoms with E-state index in [1.807, 2.05) is 44.2 Å². The smallest absolute Gasteiger partial charge is 0.276 e. The molecule has 0 bridgehead atoms. The molecule has 1 atom stereocenters. The molecular weight excluding hydrogens is 448 g/mol. The summed E-state index contributed by atoms with van der Waals surface area (Å²) in [6, 6.07) is 15.4. The van der Waals surface area contributed by atoms with Gasteiger partial charge >= 0.3 is 0 Å². The van der Waals surface area contributed by atoms with Gasteiger partial charge in [0.15, 0.2) is 21.3 Å². The zero-order chi connectivity index (χ0) is 24.7. The average molecular weight is 481 g/mol. The standard InChI is InChI=1S/C27H32N2O4S/c1-18-6-9-21(14-19(18)2)25-15-24(28-33-25)26(30)29(23-12-13-34(31,32)17-23)16-20-7-10-22(11-8-20)27(3,4)5/h6-11,14-15,23H,12-13,16-17H2,1-5H3/t23-/m1/s1. The van der Waals surface area contributed by atoms with Crippen LogP contribution in [0.5, 0.6) is 0 Å². The fourth-order valence-electron chi connectivity index (χ4n) is 4.25. The molecule has 180 valence electrons. The van der Waals surface area contributed by atoms with E-state index in [9.17, 15) is 13.2 Å². The highest BCUT2D eigenvalue weighted by Crippen LogP contribution is 2.27. The molecule has 0 aliphatic carbocycles. The third kappa shape index (κ3) is 5.25. The summed E-state index contributed by atoms with van der Waals surface area (Å²) < 4.78 is 29.9. The first kappa shape index (κ1) is 24.2. The van der Waals surface area contributed by atoms with Crippen molar-refractivity contribution in [2.75, 3.05) is 11.5 Å². The van der Waals surface area contributed by atoms with E-state index in [1.165, 1.54) is 11.1 Å². The first-order valence-corrected chi connectivity index (χ1v) is 13.4. The topological polar surface area (TPSA) is 80.5 Å². The van der Waals surface area contributed by atoms with Crippen molar-refractivity contribution in [3.05, 3.63) is 76.5 Å². The molecule has 1 aliphatic heterocycles. The van der Waals surface area contributed by atoms with E-state index in [1.54, 1.807) is 11.0 Å². The first-order chi connectivity index (χ1) is 15.9. The summed E-state index contributed by atoms with van der Waals surface area (Å²) in [5.74, 6) is 0.262.